The zero-order chi connectivity index (χ0) is 13.8. The van der Waals surface area contributed by atoms with Crippen LogP contribution in [0.5, 0.6) is 0 Å². The van der Waals surface area contributed by atoms with Crippen LogP contribution in [0, 0.1) is 17.3 Å². The van der Waals surface area contributed by atoms with Crippen LogP contribution in [0.3, 0.4) is 0 Å². The molecule has 0 saturated heterocycles. The third kappa shape index (κ3) is 4.19. The fourth-order valence-electron chi connectivity index (χ4n) is 2.65. The minimum atomic E-state index is 0.390. The lowest BCUT2D eigenvalue weighted by Crippen LogP contribution is -2.40. The summed E-state index contributed by atoms with van der Waals surface area (Å²) in [5.41, 5.74) is 0.390. The minimum absolute atomic E-state index is 0.390. The zero-order valence-electron chi connectivity index (χ0n) is 13.1. The summed E-state index contributed by atoms with van der Waals surface area (Å²) in [4.78, 5) is 2.57. The van der Waals surface area contributed by atoms with Gasteiger partial charge in [0, 0.05) is 12.6 Å². The molecule has 0 fully saturated rings. The molecule has 0 aromatic carbocycles. The van der Waals surface area contributed by atoms with Crippen LogP contribution in [0.15, 0.2) is 24.4 Å². The molecular formula is C17H31N. The Morgan fingerprint density at radius 2 is 2.00 bits per heavy atom. The van der Waals surface area contributed by atoms with Crippen LogP contribution in [0.1, 0.15) is 54.4 Å². The molecule has 0 aromatic rings. The molecule has 1 aliphatic rings. The molecular weight excluding hydrogens is 218 g/mol. The normalized spacial score (nSPS) is 23.9. The average molecular weight is 249 g/mol. The number of hydrogen-bond donors (Lipinski definition) is 0. The highest BCUT2D eigenvalue weighted by Crippen LogP contribution is 2.35. The Morgan fingerprint density at radius 1 is 1.33 bits per heavy atom. The zero-order valence-corrected chi connectivity index (χ0v) is 13.1. The summed E-state index contributed by atoms with van der Waals surface area (Å²) in [6, 6.07) is 0.693. The second-order valence-corrected chi connectivity index (χ2v) is 6.95. The summed E-state index contributed by atoms with van der Waals surface area (Å²) in [5.74, 6) is 1.46. The molecule has 1 nitrogen and oxygen atoms in total. The first-order valence-electron chi connectivity index (χ1n) is 7.39. The van der Waals surface area contributed by atoms with E-state index >= 15 is 0 Å². The SMILES string of the molecule is C/C=C\CC(C)CN1C=CCC1C(C)C(C)(C)C. The monoisotopic (exact) mass is 249 g/mol. The third-order valence-corrected chi connectivity index (χ3v) is 4.34. The molecule has 0 aliphatic carbocycles. The topological polar surface area (TPSA) is 3.24 Å². The lowest BCUT2D eigenvalue weighted by Gasteiger charge is -2.39. The summed E-state index contributed by atoms with van der Waals surface area (Å²) >= 11 is 0. The Balaban J connectivity index is 2.56. The van der Waals surface area contributed by atoms with Crippen molar-refractivity contribution in [2.45, 2.75) is 60.4 Å². The Morgan fingerprint density at radius 3 is 2.56 bits per heavy atom. The summed E-state index contributed by atoms with van der Waals surface area (Å²) in [6.45, 7) is 15.1. The lowest BCUT2D eigenvalue weighted by molar-refractivity contribution is 0.124. The molecule has 0 bridgehead atoms. The lowest BCUT2D eigenvalue weighted by atomic mass is 9.76. The predicted octanol–water partition coefficient (Wildman–Crippen LogP) is 4.86. The summed E-state index contributed by atoms with van der Waals surface area (Å²) in [7, 11) is 0. The van der Waals surface area contributed by atoms with Crippen LogP contribution >= 0.6 is 0 Å². The van der Waals surface area contributed by atoms with E-state index in [4.69, 9.17) is 0 Å². The van der Waals surface area contributed by atoms with Gasteiger partial charge in [0.2, 0.25) is 0 Å². The summed E-state index contributed by atoms with van der Waals surface area (Å²) < 4.78 is 0. The van der Waals surface area contributed by atoms with Crippen molar-refractivity contribution in [1.82, 2.24) is 4.90 Å². The van der Waals surface area contributed by atoms with Gasteiger partial charge >= 0.3 is 0 Å². The van der Waals surface area contributed by atoms with Crippen molar-refractivity contribution in [2.75, 3.05) is 6.54 Å². The molecule has 3 atom stereocenters. The van der Waals surface area contributed by atoms with Crippen LogP contribution in [0.4, 0.5) is 0 Å². The molecule has 0 aromatic heterocycles. The quantitative estimate of drug-likeness (QED) is 0.629. The van der Waals surface area contributed by atoms with Gasteiger partial charge in [-0.25, -0.2) is 0 Å². The predicted molar refractivity (Wildman–Crippen MR) is 81.5 cm³/mol. The Labute approximate surface area is 114 Å². The van der Waals surface area contributed by atoms with Crippen LogP contribution in [-0.4, -0.2) is 17.5 Å². The van der Waals surface area contributed by atoms with Crippen molar-refractivity contribution >= 4 is 0 Å². The molecule has 3 unspecified atom stereocenters. The standard InChI is InChI=1S/C17H31N/c1-7-8-10-14(2)13-18-12-9-11-16(18)15(3)17(4,5)6/h7-9,12,14-16H,10-11,13H2,1-6H3/b8-7-. The largest absolute Gasteiger partial charge is 0.374 e. The van der Waals surface area contributed by atoms with E-state index in [0.29, 0.717) is 11.5 Å². The van der Waals surface area contributed by atoms with E-state index in [2.05, 4.69) is 70.9 Å². The van der Waals surface area contributed by atoms with Crippen LogP contribution < -0.4 is 0 Å². The number of hydrogen-bond acceptors (Lipinski definition) is 1. The second kappa shape index (κ2) is 6.45. The van der Waals surface area contributed by atoms with E-state index in [1.54, 1.807) is 0 Å². The molecule has 1 heteroatoms. The first kappa shape index (κ1) is 15.3. The average Bonchev–Trinajstić information content (AvgIpc) is 2.72. The van der Waals surface area contributed by atoms with Gasteiger partial charge in [-0.05, 0) is 43.2 Å². The van der Waals surface area contributed by atoms with Crippen molar-refractivity contribution in [2.24, 2.45) is 17.3 Å². The van der Waals surface area contributed by atoms with Gasteiger partial charge in [0.1, 0.15) is 0 Å². The van der Waals surface area contributed by atoms with E-state index in [9.17, 15) is 0 Å². The first-order chi connectivity index (χ1) is 8.36. The van der Waals surface area contributed by atoms with E-state index in [0.717, 1.165) is 11.8 Å². The molecule has 0 N–H and O–H groups in total. The molecule has 1 aliphatic heterocycles. The minimum Gasteiger partial charge on any atom is -0.374 e. The van der Waals surface area contributed by atoms with Gasteiger partial charge in [-0.15, -0.1) is 0 Å². The smallest absolute Gasteiger partial charge is 0.0350 e. The van der Waals surface area contributed by atoms with Crippen molar-refractivity contribution in [3.63, 3.8) is 0 Å². The highest BCUT2D eigenvalue weighted by molar-refractivity contribution is 5.02. The number of rotatable bonds is 5. The molecule has 0 spiro atoms. The molecule has 0 saturated carbocycles. The van der Waals surface area contributed by atoms with Gasteiger partial charge in [0.25, 0.3) is 0 Å². The number of nitrogens with zero attached hydrogens (tertiary/aromatic N) is 1. The van der Waals surface area contributed by atoms with E-state index in [1.807, 2.05) is 0 Å². The van der Waals surface area contributed by atoms with Gasteiger partial charge < -0.3 is 4.90 Å². The van der Waals surface area contributed by atoms with Crippen molar-refractivity contribution < 1.29 is 0 Å². The van der Waals surface area contributed by atoms with Crippen LogP contribution in [0.2, 0.25) is 0 Å². The van der Waals surface area contributed by atoms with Crippen molar-refractivity contribution in [3.8, 4) is 0 Å². The van der Waals surface area contributed by atoms with Crippen LogP contribution in [-0.2, 0) is 0 Å². The van der Waals surface area contributed by atoms with E-state index in [-0.39, 0.29) is 0 Å². The number of allylic oxidation sites excluding steroid dienone is 2. The third-order valence-electron chi connectivity index (χ3n) is 4.34. The maximum absolute atomic E-state index is 2.57. The summed E-state index contributed by atoms with van der Waals surface area (Å²) in [5, 5.41) is 0. The second-order valence-electron chi connectivity index (χ2n) is 6.95. The van der Waals surface area contributed by atoms with Gasteiger partial charge in [-0.1, -0.05) is 52.8 Å². The molecule has 104 valence electrons. The maximum atomic E-state index is 2.57. The van der Waals surface area contributed by atoms with Crippen molar-refractivity contribution in [1.29, 1.82) is 0 Å². The Hall–Kier alpha value is -0.720. The fraction of sp³-hybridized carbons (Fsp3) is 0.765. The van der Waals surface area contributed by atoms with Crippen molar-refractivity contribution in [3.05, 3.63) is 24.4 Å². The highest BCUT2D eigenvalue weighted by Gasteiger charge is 2.32. The van der Waals surface area contributed by atoms with Gasteiger partial charge in [0.05, 0.1) is 0 Å². The fourth-order valence-corrected chi connectivity index (χ4v) is 2.65. The van der Waals surface area contributed by atoms with Gasteiger partial charge in [-0.2, -0.15) is 0 Å². The molecule has 1 rings (SSSR count). The highest BCUT2D eigenvalue weighted by atomic mass is 15.2. The maximum Gasteiger partial charge on any atom is 0.0350 e. The molecule has 18 heavy (non-hydrogen) atoms. The Kier molecular flexibility index (Phi) is 5.49. The van der Waals surface area contributed by atoms with Gasteiger partial charge in [0.15, 0.2) is 0 Å². The Bertz CT molecular complexity index is 295. The molecule has 0 amide bonds. The van der Waals surface area contributed by atoms with E-state index < -0.39 is 0 Å². The molecule has 0 radical (unpaired) electrons. The molecule has 1 heterocycles. The van der Waals surface area contributed by atoms with E-state index in [1.165, 1.54) is 19.4 Å². The van der Waals surface area contributed by atoms with Gasteiger partial charge in [-0.3, -0.25) is 0 Å². The summed E-state index contributed by atoms with van der Waals surface area (Å²) in [6.07, 6.45) is 11.5. The van der Waals surface area contributed by atoms with Crippen LogP contribution in [0.25, 0.3) is 0 Å². The first-order valence-corrected chi connectivity index (χ1v) is 7.39.